The number of nitrogens with one attached hydrogen (secondary N) is 2. The zero-order valence-electron chi connectivity index (χ0n) is 27.5. The number of carbonyl (C=O) groups excluding carboxylic acids is 1. The Balaban J connectivity index is 1.20. The Kier molecular flexibility index (Phi) is 7.35. The van der Waals surface area contributed by atoms with E-state index in [9.17, 15) is 14.3 Å². The zero-order valence-corrected chi connectivity index (χ0v) is 27.5. The summed E-state index contributed by atoms with van der Waals surface area (Å²) in [6, 6.07) is 5.68. The molecule has 5 aliphatic rings. The van der Waals surface area contributed by atoms with Crippen molar-refractivity contribution in [3.05, 3.63) is 47.7 Å². The molecule has 2 spiro atoms. The number of pyridine rings is 1. The summed E-state index contributed by atoms with van der Waals surface area (Å²) in [7, 11) is 0. The highest BCUT2D eigenvalue weighted by Gasteiger charge is 2.50. The Morgan fingerprint density at radius 2 is 2.06 bits per heavy atom. The molecule has 5 aliphatic heterocycles. The maximum atomic E-state index is 17.0. The van der Waals surface area contributed by atoms with Crippen LogP contribution in [0.1, 0.15) is 44.1 Å². The van der Waals surface area contributed by atoms with Gasteiger partial charge < -0.3 is 30.1 Å². The lowest BCUT2D eigenvalue weighted by atomic mass is 9.94. The van der Waals surface area contributed by atoms with E-state index in [1.165, 1.54) is 30.5 Å². The number of phenolic OH excluding ortho intramolecular Hbond substituents is 1. The van der Waals surface area contributed by atoms with E-state index in [-0.39, 0.29) is 69.5 Å². The number of hydrogen-bond donors (Lipinski definition) is 3. The molecule has 50 heavy (non-hydrogen) atoms. The summed E-state index contributed by atoms with van der Waals surface area (Å²) in [5, 5.41) is 18.6. The van der Waals surface area contributed by atoms with Crippen LogP contribution in [0, 0.1) is 24.0 Å². The van der Waals surface area contributed by atoms with Crippen molar-refractivity contribution in [2.45, 2.75) is 61.7 Å². The molecule has 4 atom stereocenters. The van der Waals surface area contributed by atoms with Gasteiger partial charge in [0.25, 0.3) is 0 Å². The minimum absolute atomic E-state index is 0.00953. The van der Waals surface area contributed by atoms with E-state index >= 15 is 4.39 Å². The normalized spacial score (nSPS) is 28.3. The number of aromatic hydroxyl groups is 1. The van der Waals surface area contributed by atoms with Crippen LogP contribution in [0.15, 0.2) is 30.5 Å². The van der Waals surface area contributed by atoms with Gasteiger partial charge >= 0.3 is 6.01 Å². The van der Waals surface area contributed by atoms with Crippen LogP contribution in [0.4, 0.5) is 14.6 Å². The van der Waals surface area contributed by atoms with E-state index in [4.69, 9.17) is 20.9 Å². The number of nitrogens with zero attached hydrogens (tertiary/aromatic N) is 5. The summed E-state index contributed by atoms with van der Waals surface area (Å²) in [5.74, 6) is 1.27. The lowest BCUT2D eigenvalue weighted by molar-refractivity contribution is -0.122. The average molecular weight is 682 g/mol. The summed E-state index contributed by atoms with van der Waals surface area (Å²) in [6.07, 6.45) is 12.0. The molecular formula is C37H37F2N7O4. The first kappa shape index (κ1) is 31.3. The minimum Gasteiger partial charge on any atom is -0.508 e. The van der Waals surface area contributed by atoms with Crippen molar-refractivity contribution >= 4 is 33.4 Å². The lowest BCUT2D eigenvalue weighted by Crippen LogP contribution is -2.64. The fourth-order valence-corrected chi connectivity index (χ4v) is 9.06. The highest BCUT2D eigenvalue weighted by Crippen LogP contribution is 2.42. The van der Waals surface area contributed by atoms with Crippen molar-refractivity contribution in [1.82, 2.24) is 30.5 Å². The lowest BCUT2D eigenvalue weighted by Gasteiger charge is -2.42. The van der Waals surface area contributed by atoms with E-state index in [0.717, 1.165) is 45.2 Å². The van der Waals surface area contributed by atoms with Gasteiger partial charge in [0.05, 0.1) is 34.7 Å². The predicted octanol–water partition coefficient (Wildman–Crippen LogP) is 3.64. The summed E-state index contributed by atoms with van der Waals surface area (Å²) < 4.78 is 44.6. The zero-order chi connectivity index (χ0) is 34.2. The summed E-state index contributed by atoms with van der Waals surface area (Å²) >= 11 is 0. The van der Waals surface area contributed by atoms with Crippen LogP contribution in [0.5, 0.6) is 11.8 Å². The van der Waals surface area contributed by atoms with Crippen molar-refractivity contribution < 1.29 is 28.2 Å². The molecular weight excluding hydrogens is 644 g/mol. The van der Waals surface area contributed by atoms with Crippen molar-refractivity contribution in [3.8, 4) is 35.4 Å². The Morgan fingerprint density at radius 1 is 1.16 bits per heavy atom. The van der Waals surface area contributed by atoms with Crippen molar-refractivity contribution in [1.29, 1.82) is 0 Å². The Labute approximate surface area is 287 Å². The number of anilines is 1. The van der Waals surface area contributed by atoms with Crippen molar-refractivity contribution in [2.24, 2.45) is 0 Å². The number of ether oxygens (including phenoxy) is 2. The van der Waals surface area contributed by atoms with Gasteiger partial charge in [-0.2, -0.15) is 9.97 Å². The van der Waals surface area contributed by atoms with Gasteiger partial charge in [0.15, 0.2) is 5.82 Å². The maximum Gasteiger partial charge on any atom is 0.319 e. The van der Waals surface area contributed by atoms with Gasteiger partial charge in [-0.15, -0.1) is 6.42 Å². The number of halogens is 2. The first-order chi connectivity index (χ1) is 24.2. The van der Waals surface area contributed by atoms with Gasteiger partial charge in [0, 0.05) is 55.8 Å². The summed E-state index contributed by atoms with van der Waals surface area (Å²) in [6.45, 7) is 3.87. The van der Waals surface area contributed by atoms with Crippen LogP contribution in [-0.4, -0.2) is 100 Å². The summed E-state index contributed by atoms with van der Waals surface area (Å²) in [4.78, 5) is 31.6. The first-order valence-electron chi connectivity index (χ1n) is 17.3. The van der Waals surface area contributed by atoms with E-state index < -0.39 is 17.2 Å². The average Bonchev–Trinajstić information content (AvgIpc) is 3.75. The molecule has 11 nitrogen and oxygen atoms in total. The molecule has 4 saturated heterocycles. The fourth-order valence-electron chi connectivity index (χ4n) is 9.06. The Hall–Kier alpha value is -4.64. The first-order valence-corrected chi connectivity index (χ1v) is 17.3. The second-order valence-corrected chi connectivity index (χ2v) is 14.5. The molecule has 7 heterocycles. The fraction of sp³-hybridized carbons (Fsp3) is 0.459. The molecule has 0 aliphatic carbocycles. The van der Waals surface area contributed by atoms with Crippen LogP contribution in [0.3, 0.4) is 0 Å². The molecule has 3 unspecified atom stereocenters. The molecule has 2 aromatic carbocycles. The quantitative estimate of drug-likeness (QED) is 0.257. The topological polar surface area (TPSA) is 125 Å². The van der Waals surface area contributed by atoms with Crippen LogP contribution < -0.4 is 20.3 Å². The molecule has 7 bridgehead atoms. The maximum absolute atomic E-state index is 17.0. The van der Waals surface area contributed by atoms with Crippen LogP contribution >= 0.6 is 0 Å². The minimum atomic E-state index is -0.768. The number of terminal acetylenes is 1. The molecule has 0 radical (unpaired) electrons. The molecule has 4 fully saturated rings. The monoisotopic (exact) mass is 681 g/mol. The third kappa shape index (κ3) is 5.11. The van der Waals surface area contributed by atoms with Gasteiger partial charge in [0.1, 0.15) is 35.2 Å². The predicted molar refractivity (Wildman–Crippen MR) is 182 cm³/mol. The number of hydrogen-bond acceptors (Lipinski definition) is 10. The molecule has 1 amide bonds. The second-order valence-electron chi connectivity index (χ2n) is 14.5. The highest BCUT2D eigenvalue weighted by atomic mass is 19.1. The van der Waals surface area contributed by atoms with E-state index in [2.05, 4.69) is 36.3 Å². The number of fused-ring (bicyclic) bond motifs is 9. The van der Waals surface area contributed by atoms with Gasteiger partial charge in [-0.25, -0.2) is 8.78 Å². The summed E-state index contributed by atoms with van der Waals surface area (Å²) in [5.41, 5.74) is -0.739. The van der Waals surface area contributed by atoms with Gasteiger partial charge in [-0.1, -0.05) is 12.0 Å². The smallest absolute Gasteiger partial charge is 0.319 e. The van der Waals surface area contributed by atoms with Crippen molar-refractivity contribution in [2.75, 3.05) is 50.8 Å². The van der Waals surface area contributed by atoms with Crippen LogP contribution in [0.2, 0.25) is 0 Å². The number of aromatic nitrogens is 3. The number of rotatable bonds is 1. The third-order valence-electron chi connectivity index (χ3n) is 11.4. The SMILES string of the molecule is C#Cc1c(F)ccc2cc(O)cc(-c3ncc4c5nc(nc4c3F)OCC34CCCN3CC(C4)OCCC(=O)NCC34CC[C@H](CN5C3)N4)c12. The van der Waals surface area contributed by atoms with Crippen LogP contribution in [0.25, 0.3) is 32.9 Å². The number of carbonyl (C=O) groups is 1. The van der Waals surface area contributed by atoms with Gasteiger partial charge in [-0.05, 0) is 62.2 Å². The molecule has 9 rings (SSSR count). The van der Waals surface area contributed by atoms with E-state index in [1.54, 1.807) is 0 Å². The number of amides is 1. The number of benzene rings is 2. The van der Waals surface area contributed by atoms with E-state index in [0.29, 0.717) is 49.4 Å². The Morgan fingerprint density at radius 3 is 2.94 bits per heavy atom. The van der Waals surface area contributed by atoms with Crippen LogP contribution in [-0.2, 0) is 9.53 Å². The number of phenols is 1. The van der Waals surface area contributed by atoms with Gasteiger partial charge in [0.2, 0.25) is 5.91 Å². The molecule has 258 valence electrons. The van der Waals surface area contributed by atoms with E-state index in [1.807, 2.05) is 0 Å². The molecule has 0 saturated carbocycles. The third-order valence-corrected chi connectivity index (χ3v) is 11.4. The Bertz CT molecular complexity index is 2110. The molecule has 3 N–H and O–H groups in total. The largest absolute Gasteiger partial charge is 0.508 e. The molecule has 4 aromatic rings. The highest BCUT2D eigenvalue weighted by molar-refractivity contribution is 6.03. The van der Waals surface area contributed by atoms with Gasteiger partial charge in [-0.3, -0.25) is 14.7 Å². The second kappa shape index (κ2) is 11.7. The molecule has 2 aromatic heterocycles. The number of piperazine rings is 1. The molecule has 13 heteroatoms. The van der Waals surface area contributed by atoms with Crippen molar-refractivity contribution in [3.63, 3.8) is 0 Å². The standard InChI is InChI=1S/C37H37F2N7O4/c1-2-25-28(38)5-4-21-12-23(47)13-26(30(21)25)32-31(39)33-27(15-40-32)34-43-35(42-33)50-20-37-8-3-10-46(37)17-24(14-37)49-11-7-29(48)41-18-36-9-6-22(44-36)16-45(34)19-36/h1,4-5,12-13,15,22,24,44,47H,3,6-11,14,16-20H2,(H,41,48)/t22-,24?,36?,37?/m1/s1.